The fraction of sp³-hybridized carbons (Fsp3) is 0.222. The molecule has 23 heavy (non-hydrogen) atoms. The molecule has 0 aromatic heterocycles. The molecule has 0 atom stereocenters. The summed E-state index contributed by atoms with van der Waals surface area (Å²) >= 11 is 0. The van der Waals surface area contributed by atoms with Crippen LogP contribution in [0.2, 0.25) is 0 Å². The molecule has 1 aliphatic heterocycles. The molecule has 5 heteroatoms. The summed E-state index contributed by atoms with van der Waals surface area (Å²) < 4.78 is 12.9. The second-order valence-electron chi connectivity index (χ2n) is 5.63. The first-order valence-electron chi connectivity index (χ1n) is 7.57. The number of carbonyl (C=O) groups excluding carboxylic acids is 2. The molecule has 0 saturated heterocycles. The molecule has 2 amide bonds. The molecule has 0 radical (unpaired) electrons. The molecule has 0 saturated carbocycles. The van der Waals surface area contributed by atoms with Gasteiger partial charge in [0.05, 0.1) is 6.42 Å². The van der Waals surface area contributed by atoms with Gasteiger partial charge in [-0.25, -0.2) is 4.39 Å². The minimum Gasteiger partial charge on any atom is -0.326 e. The van der Waals surface area contributed by atoms with Crippen LogP contribution in [0.1, 0.15) is 24.0 Å². The van der Waals surface area contributed by atoms with Crippen molar-refractivity contribution in [2.24, 2.45) is 0 Å². The van der Waals surface area contributed by atoms with Gasteiger partial charge in [-0.3, -0.25) is 9.59 Å². The largest absolute Gasteiger partial charge is 0.326 e. The zero-order valence-electron chi connectivity index (χ0n) is 12.6. The molecular weight excluding hydrogens is 295 g/mol. The average Bonchev–Trinajstić information content (AvgIpc) is 2.70. The van der Waals surface area contributed by atoms with Gasteiger partial charge in [-0.05, 0) is 54.3 Å². The first-order valence-corrected chi connectivity index (χ1v) is 7.57. The van der Waals surface area contributed by atoms with Crippen LogP contribution < -0.4 is 10.6 Å². The third kappa shape index (κ3) is 3.94. The first kappa shape index (κ1) is 15.2. The second kappa shape index (κ2) is 6.60. The number of benzene rings is 2. The van der Waals surface area contributed by atoms with Crippen molar-refractivity contribution in [2.45, 2.75) is 25.7 Å². The molecule has 3 rings (SSSR count). The second-order valence-corrected chi connectivity index (χ2v) is 5.63. The van der Waals surface area contributed by atoms with E-state index in [-0.39, 0.29) is 24.1 Å². The maximum atomic E-state index is 12.9. The highest BCUT2D eigenvalue weighted by Gasteiger charge is 2.13. The van der Waals surface area contributed by atoms with Gasteiger partial charge in [-0.1, -0.05) is 12.1 Å². The summed E-state index contributed by atoms with van der Waals surface area (Å²) in [6.45, 7) is 0. The highest BCUT2D eigenvalue weighted by atomic mass is 19.1. The van der Waals surface area contributed by atoms with Gasteiger partial charge < -0.3 is 10.6 Å². The minimum absolute atomic E-state index is 0.0249. The number of halogens is 1. The van der Waals surface area contributed by atoms with Gasteiger partial charge in [0.1, 0.15) is 5.82 Å². The summed E-state index contributed by atoms with van der Waals surface area (Å²) in [5.74, 6) is -0.451. The summed E-state index contributed by atoms with van der Waals surface area (Å²) in [6.07, 6.45) is 2.30. The van der Waals surface area contributed by atoms with Gasteiger partial charge in [-0.2, -0.15) is 0 Å². The van der Waals surface area contributed by atoms with Gasteiger partial charge in [-0.15, -0.1) is 0 Å². The standard InChI is InChI=1S/C18H17FN2O2/c19-14-6-4-12(5-7-14)10-18(23)20-15-8-9-16-13(11-15)2-1-3-17(22)21-16/h4-9,11H,1-3,10H2,(H,20,23)(H,21,22). The quantitative estimate of drug-likeness (QED) is 0.914. The van der Waals surface area contributed by atoms with Gasteiger partial charge in [0, 0.05) is 17.8 Å². The Bertz CT molecular complexity index is 741. The van der Waals surface area contributed by atoms with Crippen LogP contribution in [0.5, 0.6) is 0 Å². The van der Waals surface area contributed by atoms with Crippen molar-refractivity contribution in [3.63, 3.8) is 0 Å². The summed E-state index contributed by atoms with van der Waals surface area (Å²) in [7, 11) is 0. The van der Waals surface area contributed by atoms with E-state index in [0.717, 1.165) is 29.7 Å². The Morgan fingerprint density at radius 2 is 1.91 bits per heavy atom. The number of amides is 2. The summed E-state index contributed by atoms with van der Waals surface area (Å²) in [5.41, 5.74) is 3.29. The number of anilines is 2. The predicted octanol–water partition coefficient (Wildman–Crippen LogP) is 3.28. The van der Waals surface area contributed by atoms with Crippen molar-refractivity contribution in [3.05, 3.63) is 59.4 Å². The average molecular weight is 312 g/mol. The van der Waals surface area contributed by atoms with E-state index >= 15 is 0 Å². The first-order chi connectivity index (χ1) is 11.1. The number of nitrogens with one attached hydrogen (secondary N) is 2. The van der Waals surface area contributed by atoms with E-state index in [4.69, 9.17) is 0 Å². The fourth-order valence-electron chi connectivity index (χ4n) is 2.65. The lowest BCUT2D eigenvalue weighted by molar-refractivity contribution is -0.116. The highest BCUT2D eigenvalue weighted by Crippen LogP contribution is 2.25. The summed E-state index contributed by atoms with van der Waals surface area (Å²) in [6, 6.07) is 11.4. The predicted molar refractivity (Wildman–Crippen MR) is 86.7 cm³/mol. The van der Waals surface area contributed by atoms with E-state index in [1.807, 2.05) is 12.1 Å². The lowest BCUT2D eigenvalue weighted by atomic mass is 10.1. The Balaban J connectivity index is 1.68. The Labute approximate surface area is 133 Å². The van der Waals surface area contributed by atoms with Crippen LogP contribution in [-0.2, 0) is 22.4 Å². The van der Waals surface area contributed by atoms with Gasteiger partial charge in [0.15, 0.2) is 0 Å². The SMILES string of the molecule is O=C(Cc1ccc(F)cc1)Nc1ccc2c(c1)CCCC(=O)N2. The number of rotatable bonds is 3. The lowest BCUT2D eigenvalue weighted by Gasteiger charge is -2.10. The number of hydrogen-bond donors (Lipinski definition) is 2. The maximum Gasteiger partial charge on any atom is 0.228 e. The molecule has 2 aromatic carbocycles. The van der Waals surface area contributed by atoms with Crippen molar-refractivity contribution in [1.82, 2.24) is 0 Å². The molecule has 0 aliphatic carbocycles. The zero-order valence-corrected chi connectivity index (χ0v) is 12.6. The van der Waals surface area contributed by atoms with Crippen molar-refractivity contribution in [1.29, 1.82) is 0 Å². The van der Waals surface area contributed by atoms with Gasteiger partial charge in [0.2, 0.25) is 11.8 Å². The van der Waals surface area contributed by atoms with Crippen molar-refractivity contribution >= 4 is 23.2 Å². The Morgan fingerprint density at radius 1 is 1.13 bits per heavy atom. The van der Waals surface area contributed by atoms with Gasteiger partial charge >= 0.3 is 0 Å². The van der Waals surface area contributed by atoms with Crippen molar-refractivity contribution in [3.8, 4) is 0 Å². The lowest BCUT2D eigenvalue weighted by Crippen LogP contribution is -2.15. The number of hydrogen-bond acceptors (Lipinski definition) is 2. The van der Waals surface area contributed by atoms with Crippen LogP contribution in [0.15, 0.2) is 42.5 Å². The van der Waals surface area contributed by atoms with Gasteiger partial charge in [0.25, 0.3) is 0 Å². The Kier molecular flexibility index (Phi) is 4.37. The van der Waals surface area contributed by atoms with E-state index in [0.29, 0.717) is 12.1 Å². The van der Waals surface area contributed by atoms with Crippen molar-refractivity contribution < 1.29 is 14.0 Å². The monoisotopic (exact) mass is 312 g/mol. The molecule has 118 valence electrons. The van der Waals surface area contributed by atoms with Crippen LogP contribution in [-0.4, -0.2) is 11.8 Å². The fourth-order valence-corrected chi connectivity index (χ4v) is 2.65. The van der Waals surface area contributed by atoms with Crippen molar-refractivity contribution in [2.75, 3.05) is 10.6 Å². The van der Waals surface area contributed by atoms with E-state index in [9.17, 15) is 14.0 Å². The zero-order chi connectivity index (χ0) is 16.2. The molecular formula is C18H17FN2O2. The molecule has 0 bridgehead atoms. The summed E-state index contributed by atoms with van der Waals surface area (Å²) in [5, 5.41) is 5.70. The molecule has 4 nitrogen and oxygen atoms in total. The van der Waals surface area contributed by atoms with Crippen LogP contribution in [0.25, 0.3) is 0 Å². The Morgan fingerprint density at radius 3 is 2.70 bits per heavy atom. The number of aryl methyl sites for hydroxylation is 1. The smallest absolute Gasteiger partial charge is 0.228 e. The molecule has 1 heterocycles. The molecule has 2 aromatic rings. The molecule has 0 spiro atoms. The third-order valence-electron chi connectivity index (χ3n) is 3.79. The molecule has 0 unspecified atom stereocenters. The minimum atomic E-state index is -0.318. The third-order valence-corrected chi connectivity index (χ3v) is 3.79. The van der Waals surface area contributed by atoms with Crippen LogP contribution >= 0.6 is 0 Å². The van der Waals surface area contributed by atoms with E-state index in [2.05, 4.69) is 10.6 Å². The van der Waals surface area contributed by atoms with Crippen LogP contribution in [0, 0.1) is 5.82 Å². The highest BCUT2D eigenvalue weighted by molar-refractivity contribution is 5.95. The maximum absolute atomic E-state index is 12.9. The van der Waals surface area contributed by atoms with E-state index in [1.165, 1.54) is 12.1 Å². The number of carbonyl (C=O) groups is 2. The van der Waals surface area contributed by atoms with E-state index in [1.54, 1.807) is 18.2 Å². The Hall–Kier alpha value is -2.69. The van der Waals surface area contributed by atoms with E-state index < -0.39 is 0 Å². The van der Waals surface area contributed by atoms with Crippen LogP contribution in [0.4, 0.5) is 15.8 Å². The van der Waals surface area contributed by atoms with Crippen LogP contribution in [0.3, 0.4) is 0 Å². The molecule has 1 aliphatic rings. The molecule has 0 fully saturated rings. The normalized spacial score (nSPS) is 13.7. The molecule has 2 N–H and O–H groups in total. The summed E-state index contributed by atoms with van der Waals surface area (Å²) in [4.78, 5) is 23.6. The number of fused-ring (bicyclic) bond motifs is 1. The topological polar surface area (TPSA) is 58.2 Å².